The Morgan fingerprint density at radius 2 is 1.48 bits per heavy atom. The number of aliphatic imine (C=N–C) groups is 1. The van der Waals surface area contributed by atoms with Gasteiger partial charge in [-0.1, -0.05) is 18.2 Å². The largest absolute Gasteiger partial charge is 0.507 e. The number of para-hydroxylation sites is 1. The van der Waals surface area contributed by atoms with E-state index in [1.807, 2.05) is 0 Å². The molecule has 2 aromatic carbocycles. The van der Waals surface area contributed by atoms with E-state index in [9.17, 15) is 31.4 Å². The minimum Gasteiger partial charge on any atom is -0.507 e. The van der Waals surface area contributed by atoms with Crippen LogP contribution in [-0.4, -0.2) is 11.3 Å². The minimum absolute atomic E-state index is 0.0495. The summed E-state index contributed by atoms with van der Waals surface area (Å²) < 4.78 is 76.8. The predicted octanol–water partition coefficient (Wildman–Crippen LogP) is 5.18. The molecule has 122 valence electrons. The van der Waals surface area contributed by atoms with E-state index in [2.05, 4.69) is 4.99 Å². The van der Waals surface area contributed by atoms with Gasteiger partial charge < -0.3 is 5.11 Å². The zero-order chi connectivity index (χ0) is 17.3. The Hall–Kier alpha value is -2.51. The maximum atomic E-state index is 13.0. The second kappa shape index (κ2) is 5.94. The fourth-order valence-corrected chi connectivity index (χ4v) is 1.82. The smallest absolute Gasteiger partial charge is 0.417 e. The molecular formula is C15H9F6NO. The Bertz CT molecular complexity index is 719. The molecule has 0 heterocycles. The lowest BCUT2D eigenvalue weighted by atomic mass is 10.0. The van der Waals surface area contributed by atoms with E-state index in [1.54, 1.807) is 18.2 Å². The van der Waals surface area contributed by atoms with Crippen LogP contribution >= 0.6 is 0 Å². The molecule has 0 amide bonds. The van der Waals surface area contributed by atoms with Crippen LogP contribution in [0.15, 0.2) is 47.5 Å². The van der Waals surface area contributed by atoms with Gasteiger partial charge in [0.25, 0.3) is 0 Å². The number of hydrogen-bond acceptors (Lipinski definition) is 2. The number of nitrogens with zero attached hydrogens (tertiary/aromatic N) is 1. The normalized spacial score (nSPS) is 12.8. The van der Waals surface area contributed by atoms with E-state index in [0.717, 1.165) is 0 Å². The van der Waals surface area contributed by atoms with Crippen LogP contribution in [0, 0.1) is 0 Å². The summed E-state index contributed by atoms with van der Waals surface area (Å²) >= 11 is 0. The van der Waals surface area contributed by atoms with E-state index in [-0.39, 0.29) is 12.1 Å². The van der Waals surface area contributed by atoms with Crippen molar-refractivity contribution in [3.8, 4) is 5.75 Å². The summed E-state index contributed by atoms with van der Waals surface area (Å²) in [5, 5.41) is 9.59. The molecule has 8 heteroatoms. The van der Waals surface area contributed by atoms with Crippen LogP contribution in [-0.2, 0) is 12.4 Å². The summed E-state index contributed by atoms with van der Waals surface area (Å²) in [6.07, 6.45) is -9.39. The van der Waals surface area contributed by atoms with Crippen molar-refractivity contribution in [2.45, 2.75) is 12.4 Å². The Morgan fingerprint density at radius 3 is 2.00 bits per heavy atom. The summed E-state index contributed by atoms with van der Waals surface area (Å²) in [5.74, 6) is -1.15. The molecule has 0 unspecified atom stereocenters. The van der Waals surface area contributed by atoms with Gasteiger partial charge in [0.1, 0.15) is 5.75 Å². The molecule has 1 N–H and O–H groups in total. The van der Waals surface area contributed by atoms with Gasteiger partial charge in [-0.15, -0.1) is 0 Å². The fraction of sp³-hybridized carbons (Fsp3) is 0.133. The lowest BCUT2D eigenvalue weighted by Gasteiger charge is -2.15. The number of phenols is 1. The average molecular weight is 333 g/mol. The zero-order valence-corrected chi connectivity index (χ0v) is 11.3. The molecule has 0 aliphatic heterocycles. The van der Waals surface area contributed by atoms with Crippen LogP contribution in [0.25, 0.3) is 0 Å². The van der Waals surface area contributed by atoms with Gasteiger partial charge in [0.05, 0.1) is 16.8 Å². The topological polar surface area (TPSA) is 32.6 Å². The van der Waals surface area contributed by atoms with Gasteiger partial charge in [-0.3, -0.25) is 4.99 Å². The molecule has 0 aromatic heterocycles. The summed E-state index contributed by atoms with van der Waals surface area (Å²) in [5.41, 5.74) is -3.72. The molecule has 0 saturated heterocycles. The number of alkyl halides is 6. The predicted molar refractivity (Wildman–Crippen MR) is 71.8 cm³/mol. The van der Waals surface area contributed by atoms with E-state index in [4.69, 9.17) is 0 Å². The van der Waals surface area contributed by atoms with Gasteiger partial charge in [0, 0.05) is 11.8 Å². The first-order valence-corrected chi connectivity index (χ1v) is 6.19. The first-order valence-electron chi connectivity index (χ1n) is 6.19. The lowest BCUT2D eigenvalue weighted by molar-refractivity contribution is -0.143. The molecule has 0 aliphatic rings. The van der Waals surface area contributed by atoms with Crippen molar-refractivity contribution in [2.75, 3.05) is 0 Å². The maximum Gasteiger partial charge on any atom is 0.417 e. The third kappa shape index (κ3) is 4.02. The number of phenolic OH excluding ortho intramolecular Hbond substituents is 1. The van der Waals surface area contributed by atoms with Gasteiger partial charge in [-0.25, -0.2) is 0 Å². The van der Waals surface area contributed by atoms with Gasteiger partial charge in [-0.05, 0) is 24.3 Å². The molecule has 0 bridgehead atoms. The van der Waals surface area contributed by atoms with Crippen molar-refractivity contribution in [3.05, 3.63) is 59.2 Å². The van der Waals surface area contributed by atoms with Gasteiger partial charge in [0.15, 0.2) is 0 Å². The van der Waals surface area contributed by atoms with Crippen molar-refractivity contribution in [1.29, 1.82) is 0 Å². The van der Waals surface area contributed by atoms with Crippen molar-refractivity contribution in [1.82, 2.24) is 0 Å². The zero-order valence-electron chi connectivity index (χ0n) is 11.3. The molecule has 2 nitrogen and oxygen atoms in total. The second-order valence-corrected chi connectivity index (χ2v) is 4.55. The molecule has 0 aliphatic carbocycles. The van der Waals surface area contributed by atoms with Crippen LogP contribution in [0.3, 0.4) is 0 Å². The summed E-state index contributed by atoms with van der Waals surface area (Å²) in [4.78, 5) is 3.74. The monoisotopic (exact) mass is 333 g/mol. The maximum absolute atomic E-state index is 13.0. The molecule has 0 atom stereocenters. The molecule has 0 radical (unpaired) electrons. The van der Waals surface area contributed by atoms with E-state index < -0.39 is 34.8 Å². The van der Waals surface area contributed by atoms with Crippen molar-refractivity contribution in [3.63, 3.8) is 0 Å². The Labute approximate surface area is 126 Å². The van der Waals surface area contributed by atoms with Crippen LogP contribution < -0.4 is 0 Å². The standard InChI is InChI=1S/C15H9F6NO/c16-14(17,18)9-6-12(15(19,20)21)11(13(23)7-9)8-22-10-4-2-1-3-5-10/h1-8,23H. The van der Waals surface area contributed by atoms with Crippen LogP contribution in [0.4, 0.5) is 32.0 Å². The summed E-state index contributed by atoms with van der Waals surface area (Å²) in [6.45, 7) is 0. The first kappa shape index (κ1) is 16.9. The molecule has 2 aromatic rings. The lowest BCUT2D eigenvalue weighted by Crippen LogP contribution is -2.13. The number of halogens is 6. The quantitative estimate of drug-likeness (QED) is 0.596. The first-order chi connectivity index (χ1) is 10.6. The second-order valence-electron chi connectivity index (χ2n) is 4.55. The molecule has 0 fully saturated rings. The third-order valence-corrected chi connectivity index (χ3v) is 2.89. The highest BCUT2D eigenvalue weighted by molar-refractivity contribution is 5.87. The van der Waals surface area contributed by atoms with E-state index in [1.165, 1.54) is 12.1 Å². The molecule has 0 saturated carbocycles. The number of rotatable bonds is 2. The number of benzene rings is 2. The van der Waals surface area contributed by atoms with Gasteiger partial charge >= 0.3 is 12.4 Å². The van der Waals surface area contributed by atoms with Crippen LogP contribution in [0.1, 0.15) is 16.7 Å². The molecule has 2 rings (SSSR count). The van der Waals surface area contributed by atoms with E-state index in [0.29, 0.717) is 11.9 Å². The minimum atomic E-state index is -5.07. The molecule has 23 heavy (non-hydrogen) atoms. The van der Waals surface area contributed by atoms with Crippen molar-refractivity contribution in [2.24, 2.45) is 4.99 Å². The van der Waals surface area contributed by atoms with Gasteiger partial charge in [-0.2, -0.15) is 26.3 Å². The summed E-state index contributed by atoms with van der Waals surface area (Å²) in [7, 11) is 0. The fourth-order valence-electron chi connectivity index (χ4n) is 1.82. The van der Waals surface area contributed by atoms with Gasteiger partial charge in [0.2, 0.25) is 0 Å². The SMILES string of the molecule is Oc1cc(C(F)(F)F)cc(C(F)(F)F)c1C=Nc1ccccc1. The molecule has 0 spiro atoms. The Balaban J connectivity index is 2.56. The van der Waals surface area contributed by atoms with Crippen molar-refractivity contribution < 1.29 is 31.4 Å². The Kier molecular flexibility index (Phi) is 4.35. The van der Waals surface area contributed by atoms with Crippen LogP contribution in [0.2, 0.25) is 0 Å². The molecular weight excluding hydrogens is 324 g/mol. The highest BCUT2D eigenvalue weighted by Crippen LogP contribution is 2.40. The summed E-state index contributed by atoms with van der Waals surface area (Å²) in [6, 6.07) is 8.01. The highest BCUT2D eigenvalue weighted by atomic mass is 19.4. The number of hydrogen-bond donors (Lipinski definition) is 1. The average Bonchev–Trinajstić information content (AvgIpc) is 2.44. The van der Waals surface area contributed by atoms with E-state index >= 15 is 0 Å². The number of aromatic hydroxyl groups is 1. The highest BCUT2D eigenvalue weighted by Gasteiger charge is 2.39. The van der Waals surface area contributed by atoms with Crippen molar-refractivity contribution >= 4 is 11.9 Å². The third-order valence-electron chi connectivity index (χ3n) is 2.89. The van der Waals surface area contributed by atoms with Crippen LogP contribution in [0.5, 0.6) is 5.75 Å². The Morgan fingerprint density at radius 1 is 0.870 bits per heavy atom.